The van der Waals surface area contributed by atoms with Gasteiger partial charge < -0.3 is 9.64 Å². The summed E-state index contributed by atoms with van der Waals surface area (Å²) in [7, 11) is 1.39. The van der Waals surface area contributed by atoms with Crippen LogP contribution in [0.4, 0.5) is 5.69 Å². The highest BCUT2D eigenvalue weighted by Gasteiger charge is 2.23. The number of ether oxygens (including phenoxy) is 1. The average Bonchev–Trinajstić information content (AvgIpc) is 2.42. The first kappa shape index (κ1) is 16.4. The maximum absolute atomic E-state index is 12.5. The number of halogens is 1. The van der Waals surface area contributed by atoms with Crippen LogP contribution in [0.5, 0.6) is 5.75 Å². The van der Waals surface area contributed by atoms with Crippen LogP contribution >= 0.6 is 15.9 Å². The van der Waals surface area contributed by atoms with Gasteiger partial charge in [-0.15, -0.1) is 0 Å². The second-order valence-corrected chi connectivity index (χ2v) is 5.22. The second-order valence-electron chi connectivity index (χ2n) is 4.42. The summed E-state index contributed by atoms with van der Waals surface area (Å²) in [5.41, 5.74) is 0.225. The lowest BCUT2D eigenvalue weighted by atomic mass is 10.1. The van der Waals surface area contributed by atoms with E-state index in [1.807, 2.05) is 13.8 Å². The molecule has 0 radical (unpaired) electrons. The molecule has 110 valence electrons. The molecular formula is C13H17BrN2O4. The number of nitrogens with zero attached hydrogens (tertiary/aromatic N) is 2. The van der Waals surface area contributed by atoms with Gasteiger partial charge in [0.25, 0.3) is 11.6 Å². The van der Waals surface area contributed by atoms with Gasteiger partial charge in [0, 0.05) is 24.0 Å². The van der Waals surface area contributed by atoms with Crippen LogP contribution in [0.3, 0.4) is 0 Å². The Bertz CT molecular complexity index is 505. The summed E-state index contributed by atoms with van der Waals surface area (Å²) in [6.45, 7) is 4.38. The van der Waals surface area contributed by atoms with Crippen molar-refractivity contribution in [1.82, 2.24) is 4.90 Å². The van der Waals surface area contributed by atoms with Crippen molar-refractivity contribution in [2.45, 2.75) is 19.9 Å². The van der Waals surface area contributed by atoms with E-state index in [0.717, 1.165) is 0 Å². The van der Waals surface area contributed by atoms with Gasteiger partial charge >= 0.3 is 0 Å². The van der Waals surface area contributed by atoms with Crippen molar-refractivity contribution in [2.24, 2.45) is 0 Å². The van der Waals surface area contributed by atoms with Gasteiger partial charge in [0.15, 0.2) is 0 Å². The van der Waals surface area contributed by atoms with Crippen LogP contribution in [0.15, 0.2) is 18.2 Å². The standard InChI is InChI=1S/C13H17BrN2O4/c1-9(2)15(7-6-14)13(17)11-5-4-10(16(18)19)8-12(11)20-3/h4-5,8-9H,6-7H2,1-3H3. The topological polar surface area (TPSA) is 72.7 Å². The molecule has 0 spiro atoms. The molecule has 1 aromatic rings. The molecule has 6 nitrogen and oxygen atoms in total. The number of alkyl halides is 1. The van der Waals surface area contributed by atoms with Crippen LogP contribution in [0.1, 0.15) is 24.2 Å². The van der Waals surface area contributed by atoms with Crippen molar-refractivity contribution in [1.29, 1.82) is 0 Å². The fraction of sp³-hybridized carbons (Fsp3) is 0.462. The number of rotatable bonds is 6. The number of methoxy groups -OCH3 is 1. The zero-order valence-corrected chi connectivity index (χ0v) is 13.2. The zero-order valence-electron chi connectivity index (χ0n) is 11.6. The third kappa shape index (κ3) is 3.69. The summed E-state index contributed by atoms with van der Waals surface area (Å²) >= 11 is 3.31. The summed E-state index contributed by atoms with van der Waals surface area (Å²) < 4.78 is 5.10. The molecule has 0 saturated heterocycles. The van der Waals surface area contributed by atoms with E-state index >= 15 is 0 Å². The molecule has 0 atom stereocenters. The minimum Gasteiger partial charge on any atom is -0.496 e. The Morgan fingerprint density at radius 1 is 1.50 bits per heavy atom. The number of carbonyl (C=O) groups excluding carboxylic acids is 1. The minimum absolute atomic E-state index is 0.0277. The maximum atomic E-state index is 12.5. The normalized spacial score (nSPS) is 10.4. The summed E-state index contributed by atoms with van der Waals surface area (Å²) in [5, 5.41) is 11.4. The number of non-ortho nitro benzene ring substituents is 1. The van der Waals surface area contributed by atoms with Gasteiger partial charge in [-0.3, -0.25) is 14.9 Å². The Hall–Kier alpha value is -1.63. The molecular weight excluding hydrogens is 328 g/mol. The molecule has 0 aromatic heterocycles. The molecule has 0 bridgehead atoms. The molecule has 0 fully saturated rings. The summed E-state index contributed by atoms with van der Waals surface area (Å²) in [6, 6.07) is 4.03. The van der Waals surface area contributed by atoms with Gasteiger partial charge in [0.2, 0.25) is 0 Å². The van der Waals surface area contributed by atoms with Crippen molar-refractivity contribution in [2.75, 3.05) is 19.0 Å². The monoisotopic (exact) mass is 344 g/mol. The smallest absolute Gasteiger partial charge is 0.273 e. The lowest BCUT2D eigenvalue weighted by Crippen LogP contribution is -2.38. The number of amides is 1. The molecule has 0 heterocycles. The van der Waals surface area contributed by atoms with E-state index < -0.39 is 4.92 Å². The SMILES string of the molecule is COc1cc([N+](=O)[O-])ccc1C(=O)N(CCBr)C(C)C. The highest BCUT2D eigenvalue weighted by atomic mass is 79.9. The van der Waals surface area contributed by atoms with Gasteiger partial charge in [0.1, 0.15) is 5.75 Å². The van der Waals surface area contributed by atoms with Crippen LogP contribution in [0, 0.1) is 10.1 Å². The number of benzene rings is 1. The first-order chi connectivity index (χ1) is 9.42. The maximum Gasteiger partial charge on any atom is 0.273 e. The van der Waals surface area contributed by atoms with E-state index in [2.05, 4.69) is 15.9 Å². The molecule has 0 aliphatic heterocycles. The van der Waals surface area contributed by atoms with Gasteiger partial charge in [-0.2, -0.15) is 0 Å². The van der Waals surface area contributed by atoms with Gasteiger partial charge in [-0.05, 0) is 19.9 Å². The Morgan fingerprint density at radius 3 is 2.60 bits per heavy atom. The fourth-order valence-corrected chi connectivity index (χ4v) is 2.19. The summed E-state index contributed by atoms with van der Waals surface area (Å²) in [4.78, 5) is 24.4. The third-order valence-electron chi connectivity index (χ3n) is 2.84. The molecule has 20 heavy (non-hydrogen) atoms. The Labute approximate surface area is 126 Å². The van der Waals surface area contributed by atoms with E-state index in [4.69, 9.17) is 4.74 Å². The Kier molecular flexibility index (Phi) is 5.94. The summed E-state index contributed by atoms with van der Waals surface area (Å²) in [6.07, 6.45) is 0. The van der Waals surface area contributed by atoms with E-state index in [0.29, 0.717) is 17.4 Å². The first-order valence-electron chi connectivity index (χ1n) is 6.11. The predicted molar refractivity (Wildman–Crippen MR) is 79.6 cm³/mol. The van der Waals surface area contributed by atoms with Crippen molar-refractivity contribution in [3.63, 3.8) is 0 Å². The van der Waals surface area contributed by atoms with E-state index in [1.165, 1.54) is 25.3 Å². The van der Waals surface area contributed by atoms with Crippen LogP contribution in [-0.4, -0.2) is 40.8 Å². The van der Waals surface area contributed by atoms with Crippen molar-refractivity contribution < 1.29 is 14.5 Å². The molecule has 0 aliphatic rings. The predicted octanol–water partition coefficient (Wildman–Crippen LogP) is 2.85. The fourth-order valence-electron chi connectivity index (χ4n) is 1.81. The van der Waals surface area contributed by atoms with E-state index in [9.17, 15) is 14.9 Å². The Morgan fingerprint density at radius 2 is 2.15 bits per heavy atom. The van der Waals surface area contributed by atoms with E-state index in [-0.39, 0.29) is 23.4 Å². The number of hydrogen-bond acceptors (Lipinski definition) is 4. The van der Waals surface area contributed by atoms with Crippen LogP contribution in [-0.2, 0) is 0 Å². The van der Waals surface area contributed by atoms with Crippen molar-refractivity contribution >= 4 is 27.5 Å². The van der Waals surface area contributed by atoms with Crippen molar-refractivity contribution in [3.05, 3.63) is 33.9 Å². The summed E-state index contributed by atoms with van der Waals surface area (Å²) in [5.74, 6) is 0.00983. The first-order valence-corrected chi connectivity index (χ1v) is 7.23. The lowest BCUT2D eigenvalue weighted by molar-refractivity contribution is -0.384. The number of nitro groups is 1. The number of carbonyl (C=O) groups is 1. The minimum atomic E-state index is -0.518. The molecule has 1 aromatic carbocycles. The number of nitro benzene ring substituents is 1. The van der Waals surface area contributed by atoms with Gasteiger partial charge in [-0.1, -0.05) is 15.9 Å². The van der Waals surface area contributed by atoms with Gasteiger partial charge in [-0.25, -0.2) is 0 Å². The molecule has 0 unspecified atom stereocenters. The molecule has 1 amide bonds. The highest BCUT2D eigenvalue weighted by Crippen LogP contribution is 2.26. The lowest BCUT2D eigenvalue weighted by Gasteiger charge is -2.26. The highest BCUT2D eigenvalue weighted by molar-refractivity contribution is 9.09. The van der Waals surface area contributed by atoms with Gasteiger partial charge in [0.05, 0.1) is 23.7 Å². The van der Waals surface area contributed by atoms with Crippen LogP contribution in [0.25, 0.3) is 0 Å². The second kappa shape index (κ2) is 7.23. The molecule has 0 N–H and O–H groups in total. The van der Waals surface area contributed by atoms with Crippen molar-refractivity contribution in [3.8, 4) is 5.75 Å². The molecule has 1 rings (SSSR count). The third-order valence-corrected chi connectivity index (χ3v) is 3.19. The zero-order chi connectivity index (χ0) is 15.3. The molecule has 0 aliphatic carbocycles. The average molecular weight is 345 g/mol. The quantitative estimate of drug-likeness (QED) is 0.451. The van der Waals surface area contributed by atoms with Crippen LogP contribution in [0.2, 0.25) is 0 Å². The number of hydrogen-bond donors (Lipinski definition) is 0. The molecule has 0 saturated carbocycles. The van der Waals surface area contributed by atoms with Crippen LogP contribution < -0.4 is 4.74 Å². The van der Waals surface area contributed by atoms with E-state index in [1.54, 1.807) is 4.90 Å². The molecule has 7 heteroatoms. The Balaban J connectivity index is 3.17. The largest absolute Gasteiger partial charge is 0.496 e.